The normalized spacial score (nSPS) is 11.4. The third-order valence-corrected chi connectivity index (χ3v) is 3.52. The highest BCUT2D eigenvalue weighted by atomic mass is 35.5. The molecule has 1 aromatic rings. The van der Waals surface area contributed by atoms with Crippen LogP contribution in [0.2, 0.25) is 5.02 Å². The van der Waals surface area contributed by atoms with Crippen LogP contribution in [-0.4, -0.2) is 16.4 Å². The minimum absolute atomic E-state index is 0.159. The molecule has 3 nitrogen and oxygen atoms in total. The summed E-state index contributed by atoms with van der Waals surface area (Å²) in [6.45, 7) is 7.98. The summed E-state index contributed by atoms with van der Waals surface area (Å²) in [5, 5.41) is 3.45. The molecule has 94 valence electrons. The van der Waals surface area contributed by atoms with E-state index in [2.05, 4.69) is 24.1 Å². The first-order chi connectivity index (χ1) is 7.91. The fourth-order valence-electron chi connectivity index (χ4n) is 1.46. The molecule has 1 N–H and O–H groups in total. The molecule has 0 aliphatic rings. The minimum atomic E-state index is -0.189. The molecule has 0 aromatic carbocycles. The molecule has 0 saturated carbocycles. The lowest BCUT2D eigenvalue weighted by Crippen LogP contribution is -2.45. The maximum atomic E-state index is 12.1. The van der Waals surface area contributed by atoms with Gasteiger partial charge in [0.25, 0.3) is 5.91 Å². The molecular formula is C13H19ClN2O. The van der Waals surface area contributed by atoms with Gasteiger partial charge in [0, 0.05) is 17.4 Å². The molecule has 4 heteroatoms. The highest BCUT2D eigenvalue weighted by molar-refractivity contribution is 6.33. The van der Waals surface area contributed by atoms with Crippen LogP contribution in [-0.2, 0) is 0 Å². The first kappa shape index (κ1) is 14.0. The van der Waals surface area contributed by atoms with Crippen molar-refractivity contribution < 1.29 is 4.79 Å². The SMILES string of the molecule is CCC(C)(CC)NC(=O)c1cnc(C)cc1Cl. The second kappa shape index (κ2) is 5.50. The van der Waals surface area contributed by atoms with Crippen molar-refractivity contribution in [3.05, 3.63) is 28.5 Å². The number of amides is 1. The zero-order chi connectivity index (χ0) is 13.1. The Labute approximate surface area is 108 Å². The summed E-state index contributed by atoms with van der Waals surface area (Å²) >= 11 is 6.04. The van der Waals surface area contributed by atoms with Gasteiger partial charge in [0.1, 0.15) is 0 Å². The Morgan fingerprint density at radius 3 is 2.53 bits per heavy atom. The second-order valence-corrected chi connectivity index (χ2v) is 4.93. The lowest BCUT2D eigenvalue weighted by molar-refractivity contribution is 0.0901. The largest absolute Gasteiger partial charge is 0.347 e. The Morgan fingerprint density at radius 1 is 1.47 bits per heavy atom. The molecule has 1 heterocycles. The predicted molar refractivity (Wildman–Crippen MR) is 70.4 cm³/mol. The summed E-state index contributed by atoms with van der Waals surface area (Å²) in [6, 6.07) is 1.70. The first-order valence-electron chi connectivity index (χ1n) is 5.86. The number of carbonyl (C=O) groups is 1. The van der Waals surface area contributed by atoms with Gasteiger partial charge >= 0.3 is 0 Å². The predicted octanol–water partition coefficient (Wildman–Crippen LogP) is 3.35. The molecule has 1 aromatic heterocycles. The van der Waals surface area contributed by atoms with Crippen molar-refractivity contribution in [1.82, 2.24) is 10.3 Å². The molecule has 0 unspecified atom stereocenters. The van der Waals surface area contributed by atoms with Gasteiger partial charge in [-0.3, -0.25) is 9.78 Å². The number of pyridine rings is 1. The van der Waals surface area contributed by atoms with Crippen LogP contribution in [0.25, 0.3) is 0 Å². The fraction of sp³-hybridized carbons (Fsp3) is 0.538. The number of nitrogens with zero attached hydrogens (tertiary/aromatic N) is 1. The third-order valence-electron chi connectivity index (χ3n) is 3.21. The summed E-state index contributed by atoms with van der Waals surface area (Å²) in [5.41, 5.74) is 1.05. The first-order valence-corrected chi connectivity index (χ1v) is 6.24. The fourth-order valence-corrected chi connectivity index (χ4v) is 1.75. The van der Waals surface area contributed by atoms with Crippen LogP contribution in [0, 0.1) is 6.92 Å². The zero-order valence-electron chi connectivity index (χ0n) is 10.8. The number of hydrogen-bond acceptors (Lipinski definition) is 2. The average molecular weight is 255 g/mol. The van der Waals surface area contributed by atoms with E-state index >= 15 is 0 Å². The van der Waals surface area contributed by atoms with Gasteiger partial charge < -0.3 is 5.32 Å². The number of nitrogens with one attached hydrogen (secondary N) is 1. The van der Waals surface area contributed by atoms with Gasteiger partial charge in [0.2, 0.25) is 0 Å². The van der Waals surface area contributed by atoms with E-state index in [1.165, 1.54) is 6.20 Å². The van der Waals surface area contributed by atoms with Crippen molar-refractivity contribution in [3.8, 4) is 0 Å². The molecular weight excluding hydrogens is 236 g/mol. The van der Waals surface area contributed by atoms with Crippen LogP contribution in [0.15, 0.2) is 12.3 Å². The molecule has 0 bridgehead atoms. The van der Waals surface area contributed by atoms with Gasteiger partial charge in [0.15, 0.2) is 0 Å². The molecule has 0 spiro atoms. The van der Waals surface area contributed by atoms with Crippen molar-refractivity contribution in [1.29, 1.82) is 0 Å². The lowest BCUT2D eigenvalue weighted by atomic mass is 9.95. The molecule has 0 radical (unpaired) electrons. The topological polar surface area (TPSA) is 42.0 Å². The third kappa shape index (κ3) is 3.43. The van der Waals surface area contributed by atoms with E-state index in [9.17, 15) is 4.79 Å². The van der Waals surface area contributed by atoms with Crippen molar-refractivity contribution in [3.63, 3.8) is 0 Å². The molecule has 0 aliphatic heterocycles. The van der Waals surface area contributed by atoms with Crippen molar-refractivity contribution in [2.75, 3.05) is 0 Å². The highest BCUT2D eigenvalue weighted by Crippen LogP contribution is 2.19. The standard InChI is InChI=1S/C13H19ClN2O/c1-5-13(4,6-2)16-12(17)10-8-15-9(3)7-11(10)14/h7-8H,5-6H2,1-4H3,(H,16,17). The molecule has 0 aliphatic carbocycles. The second-order valence-electron chi connectivity index (χ2n) is 4.53. The molecule has 1 rings (SSSR count). The van der Waals surface area contributed by atoms with E-state index in [0.29, 0.717) is 10.6 Å². The number of aromatic nitrogens is 1. The van der Waals surface area contributed by atoms with Gasteiger partial charge in [-0.2, -0.15) is 0 Å². The maximum Gasteiger partial charge on any atom is 0.254 e. The van der Waals surface area contributed by atoms with Crippen LogP contribution < -0.4 is 5.32 Å². The Kier molecular flexibility index (Phi) is 4.52. The molecule has 17 heavy (non-hydrogen) atoms. The minimum Gasteiger partial charge on any atom is -0.347 e. The quantitative estimate of drug-likeness (QED) is 0.895. The number of hydrogen-bond donors (Lipinski definition) is 1. The Morgan fingerprint density at radius 2 is 2.06 bits per heavy atom. The van der Waals surface area contributed by atoms with Crippen LogP contribution in [0.1, 0.15) is 49.7 Å². The highest BCUT2D eigenvalue weighted by Gasteiger charge is 2.23. The molecule has 0 fully saturated rings. The molecule has 1 amide bonds. The number of halogens is 1. The van der Waals surface area contributed by atoms with Crippen LogP contribution in [0.4, 0.5) is 0 Å². The number of rotatable bonds is 4. The number of aryl methyl sites for hydroxylation is 1. The van der Waals surface area contributed by atoms with Crippen molar-refractivity contribution in [2.45, 2.75) is 46.1 Å². The summed E-state index contributed by atoms with van der Waals surface area (Å²) in [6.07, 6.45) is 3.29. The smallest absolute Gasteiger partial charge is 0.254 e. The van der Waals surface area contributed by atoms with Crippen LogP contribution in [0.5, 0.6) is 0 Å². The monoisotopic (exact) mass is 254 g/mol. The van der Waals surface area contributed by atoms with E-state index in [-0.39, 0.29) is 11.4 Å². The average Bonchev–Trinajstić information content (AvgIpc) is 2.28. The van der Waals surface area contributed by atoms with E-state index in [4.69, 9.17) is 11.6 Å². The zero-order valence-corrected chi connectivity index (χ0v) is 11.6. The lowest BCUT2D eigenvalue weighted by Gasteiger charge is -2.28. The summed E-state index contributed by atoms with van der Waals surface area (Å²) < 4.78 is 0. The molecule has 0 atom stereocenters. The van der Waals surface area contributed by atoms with Gasteiger partial charge in [-0.05, 0) is 32.8 Å². The van der Waals surface area contributed by atoms with E-state index in [1.807, 2.05) is 13.8 Å². The van der Waals surface area contributed by atoms with Crippen molar-refractivity contribution >= 4 is 17.5 Å². The summed E-state index contributed by atoms with van der Waals surface area (Å²) in [4.78, 5) is 16.2. The summed E-state index contributed by atoms with van der Waals surface area (Å²) in [5.74, 6) is -0.159. The van der Waals surface area contributed by atoms with Gasteiger partial charge in [-0.25, -0.2) is 0 Å². The van der Waals surface area contributed by atoms with Gasteiger partial charge in [0.05, 0.1) is 10.6 Å². The molecule has 0 saturated heterocycles. The van der Waals surface area contributed by atoms with E-state index in [1.54, 1.807) is 6.07 Å². The number of carbonyl (C=O) groups excluding carboxylic acids is 1. The Bertz CT molecular complexity index is 414. The maximum absolute atomic E-state index is 12.1. The van der Waals surface area contributed by atoms with E-state index in [0.717, 1.165) is 18.5 Å². The Hall–Kier alpha value is -1.09. The van der Waals surface area contributed by atoms with Gasteiger partial charge in [-0.1, -0.05) is 25.4 Å². The Balaban J connectivity index is 2.90. The summed E-state index contributed by atoms with van der Waals surface area (Å²) in [7, 11) is 0. The van der Waals surface area contributed by atoms with Crippen LogP contribution >= 0.6 is 11.6 Å². The van der Waals surface area contributed by atoms with E-state index < -0.39 is 0 Å². The van der Waals surface area contributed by atoms with Crippen LogP contribution in [0.3, 0.4) is 0 Å². The van der Waals surface area contributed by atoms with Crippen molar-refractivity contribution in [2.24, 2.45) is 0 Å². The van der Waals surface area contributed by atoms with Gasteiger partial charge in [-0.15, -0.1) is 0 Å².